The molecule has 0 amide bonds. The summed E-state index contributed by atoms with van der Waals surface area (Å²) in [4.78, 5) is 10.5. The molecule has 66 valence electrons. The van der Waals surface area contributed by atoms with Crippen LogP contribution in [0.15, 0.2) is 0 Å². The number of rotatable bonds is 7. The fourth-order valence-corrected chi connectivity index (χ4v) is 1.05. The molecule has 0 aliphatic rings. The number of ketones is 1. The number of unbranched alkanes of at least 4 members (excludes halogenated alkanes) is 4. The van der Waals surface area contributed by atoms with Gasteiger partial charge in [-0.2, -0.15) is 0 Å². The van der Waals surface area contributed by atoms with E-state index in [0.29, 0.717) is 5.78 Å². The summed E-state index contributed by atoms with van der Waals surface area (Å²) >= 11 is 0. The number of hydrogen-bond acceptors (Lipinski definition) is 2. The van der Waals surface area contributed by atoms with E-state index < -0.39 is 0 Å². The van der Waals surface area contributed by atoms with Crippen LogP contribution in [0.3, 0.4) is 0 Å². The summed E-state index contributed by atoms with van der Waals surface area (Å²) in [6.07, 6.45) is 6.56. The first-order chi connectivity index (χ1) is 5.27. The van der Waals surface area contributed by atoms with E-state index in [0.717, 1.165) is 25.8 Å². The van der Waals surface area contributed by atoms with E-state index in [2.05, 4.69) is 0 Å². The first-order valence-corrected chi connectivity index (χ1v) is 4.47. The van der Waals surface area contributed by atoms with Gasteiger partial charge in [-0.25, -0.2) is 0 Å². The van der Waals surface area contributed by atoms with Gasteiger partial charge in [0.05, 0.1) is 0 Å². The molecule has 0 spiro atoms. The van der Waals surface area contributed by atoms with Crippen LogP contribution in [0.25, 0.3) is 0 Å². The molecule has 0 aromatic heterocycles. The van der Waals surface area contributed by atoms with E-state index in [9.17, 15) is 4.79 Å². The molecule has 2 heteroatoms. The van der Waals surface area contributed by atoms with Gasteiger partial charge in [-0.15, -0.1) is 0 Å². The van der Waals surface area contributed by atoms with E-state index in [-0.39, 0.29) is 0 Å². The highest BCUT2D eigenvalue weighted by Gasteiger charge is 1.92. The fourth-order valence-electron chi connectivity index (χ4n) is 1.05. The molecule has 0 aromatic rings. The van der Waals surface area contributed by atoms with Crippen LogP contribution in [0.2, 0.25) is 0 Å². The van der Waals surface area contributed by atoms with Crippen LogP contribution in [-0.4, -0.2) is 12.3 Å². The lowest BCUT2D eigenvalue weighted by Crippen LogP contribution is -1.97. The second-order valence-electron chi connectivity index (χ2n) is 3.01. The van der Waals surface area contributed by atoms with Crippen LogP contribution >= 0.6 is 0 Å². The van der Waals surface area contributed by atoms with E-state index in [4.69, 9.17) is 5.73 Å². The van der Waals surface area contributed by atoms with Gasteiger partial charge in [-0.05, 0) is 26.3 Å². The smallest absolute Gasteiger partial charge is 0.129 e. The Kier molecular flexibility index (Phi) is 7.47. The minimum Gasteiger partial charge on any atom is -0.330 e. The maximum Gasteiger partial charge on any atom is 0.129 e. The second-order valence-corrected chi connectivity index (χ2v) is 3.01. The maximum absolute atomic E-state index is 10.5. The van der Waals surface area contributed by atoms with Crippen LogP contribution in [-0.2, 0) is 4.79 Å². The molecule has 0 atom stereocenters. The third-order valence-electron chi connectivity index (χ3n) is 1.73. The zero-order chi connectivity index (χ0) is 8.53. The summed E-state index contributed by atoms with van der Waals surface area (Å²) in [5.74, 6) is 0.309. The summed E-state index contributed by atoms with van der Waals surface area (Å²) in [6, 6.07) is 0. The lowest BCUT2D eigenvalue weighted by Gasteiger charge is -1.97. The number of carbonyl (C=O) groups is 1. The van der Waals surface area contributed by atoms with Crippen molar-refractivity contribution in [1.29, 1.82) is 0 Å². The average molecular weight is 157 g/mol. The number of carbonyl (C=O) groups excluding carboxylic acids is 1. The molecule has 0 aliphatic carbocycles. The Morgan fingerprint density at radius 1 is 1.09 bits per heavy atom. The Labute approximate surface area is 69.2 Å². The first-order valence-electron chi connectivity index (χ1n) is 4.47. The third kappa shape index (κ3) is 9.63. The van der Waals surface area contributed by atoms with E-state index in [1.54, 1.807) is 6.92 Å². The van der Waals surface area contributed by atoms with Crippen molar-refractivity contribution in [1.82, 2.24) is 0 Å². The van der Waals surface area contributed by atoms with Gasteiger partial charge in [0.15, 0.2) is 0 Å². The van der Waals surface area contributed by atoms with Gasteiger partial charge in [0.2, 0.25) is 0 Å². The van der Waals surface area contributed by atoms with Crippen molar-refractivity contribution >= 4 is 5.78 Å². The first kappa shape index (κ1) is 10.6. The Hall–Kier alpha value is -0.370. The molecular formula is C9H19NO. The molecule has 11 heavy (non-hydrogen) atoms. The minimum atomic E-state index is 0.309. The molecule has 0 aliphatic heterocycles. The van der Waals surface area contributed by atoms with E-state index in [1.165, 1.54) is 19.3 Å². The third-order valence-corrected chi connectivity index (χ3v) is 1.73. The predicted octanol–water partition coefficient (Wildman–Crippen LogP) is 1.87. The van der Waals surface area contributed by atoms with Crippen molar-refractivity contribution < 1.29 is 4.79 Å². The molecule has 2 N–H and O–H groups in total. The Morgan fingerprint density at radius 3 is 2.18 bits per heavy atom. The number of nitrogens with two attached hydrogens (primary N) is 1. The van der Waals surface area contributed by atoms with Gasteiger partial charge in [-0.3, -0.25) is 0 Å². The van der Waals surface area contributed by atoms with Crippen LogP contribution in [0, 0.1) is 0 Å². The predicted molar refractivity (Wildman–Crippen MR) is 47.4 cm³/mol. The molecule has 0 unspecified atom stereocenters. The van der Waals surface area contributed by atoms with Gasteiger partial charge >= 0.3 is 0 Å². The summed E-state index contributed by atoms with van der Waals surface area (Å²) in [5.41, 5.74) is 5.34. The molecule has 0 heterocycles. The Balaban J connectivity index is 2.85. The number of Topliss-reactive ketones (excluding diaryl/α,β-unsaturated/α-hetero) is 1. The molecule has 0 radical (unpaired) electrons. The van der Waals surface area contributed by atoms with Crippen LogP contribution < -0.4 is 5.73 Å². The molecule has 0 fully saturated rings. The largest absolute Gasteiger partial charge is 0.330 e. The Bertz CT molecular complexity index is 102. The van der Waals surface area contributed by atoms with Crippen molar-refractivity contribution in [2.75, 3.05) is 6.54 Å². The van der Waals surface area contributed by atoms with Gasteiger partial charge in [-0.1, -0.05) is 19.3 Å². The van der Waals surface area contributed by atoms with Crippen LogP contribution in [0.5, 0.6) is 0 Å². The highest BCUT2D eigenvalue weighted by Crippen LogP contribution is 2.04. The van der Waals surface area contributed by atoms with Crippen molar-refractivity contribution in [3.05, 3.63) is 0 Å². The quantitative estimate of drug-likeness (QED) is 0.573. The van der Waals surface area contributed by atoms with Gasteiger partial charge in [0.25, 0.3) is 0 Å². The summed E-state index contributed by atoms with van der Waals surface area (Å²) in [5, 5.41) is 0. The molecule has 2 nitrogen and oxygen atoms in total. The summed E-state index contributed by atoms with van der Waals surface area (Å²) in [6.45, 7) is 2.45. The molecule has 0 rings (SSSR count). The minimum absolute atomic E-state index is 0.309. The van der Waals surface area contributed by atoms with Gasteiger partial charge in [0.1, 0.15) is 5.78 Å². The highest BCUT2D eigenvalue weighted by molar-refractivity contribution is 5.75. The highest BCUT2D eigenvalue weighted by atomic mass is 16.1. The van der Waals surface area contributed by atoms with E-state index in [1.807, 2.05) is 0 Å². The van der Waals surface area contributed by atoms with E-state index >= 15 is 0 Å². The second kappa shape index (κ2) is 7.73. The SMILES string of the molecule is CC(=O)CCCCCCCN. The molecular weight excluding hydrogens is 138 g/mol. The number of hydrogen-bond donors (Lipinski definition) is 1. The maximum atomic E-state index is 10.5. The standard InChI is InChI=1S/C9H19NO/c1-9(11)7-5-3-2-4-6-8-10/h2-8,10H2,1H3. The molecule has 0 saturated carbocycles. The van der Waals surface area contributed by atoms with Crippen molar-refractivity contribution in [3.8, 4) is 0 Å². The lowest BCUT2D eigenvalue weighted by molar-refractivity contribution is -0.117. The molecule has 0 bridgehead atoms. The lowest BCUT2D eigenvalue weighted by atomic mass is 10.1. The van der Waals surface area contributed by atoms with Crippen molar-refractivity contribution in [2.24, 2.45) is 5.73 Å². The van der Waals surface area contributed by atoms with Crippen LogP contribution in [0.4, 0.5) is 0 Å². The van der Waals surface area contributed by atoms with Crippen LogP contribution in [0.1, 0.15) is 45.4 Å². The average Bonchev–Trinajstić information content (AvgIpc) is 1.96. The fraction of sp³-hybridized carbons (Fsp3) is 0.889. The van der Waals surface area contributed by atoms with Crippen molar-refractivity contribution in [3.63, 3.8) is 0 Å². The summed E-state index contributed by atoms with van der Waals surface area (Å²) in [7, 11) is 0. The zero-order valence-corrected chi connectivity index (χ0v) is 7.44. The summed E-state index contributed by atoms with van der Waals surface area (Å²) < 4.78 is 0. The zero-order valence-electron chi connectivity index (χ0n) is 7.44. The van der Waals surface area contributed by atoms with Gasteiger partial charge in [0, 0.05) is 6.42 Å². The topological polar surface area (TPSA) is 43.1 Å². The molecule has 0 aromatic carbocycles. The molecule has 0 saturated heterocycles. The van der Waals surface area contributed by atoms with Gasteiger partial charge < -0.3 is 10.5 Å². The Morgan fingerprint density at radius 2 is 1.64 bits per heavy atom. The normalized spacial score (nSPS) is 10.0. The van der Waals surface area contributed by atoms with Crippen molar-refractivity contribution in [2.45, 2.75) is 45.4 Å². The monoisotopic (exact) mass is 157 g/mol.